The Morgan fingerprint density at radius 2 is 1.79 bits per heavy atom. The Balaban J connectivity index is 2.76. The fourth-order valence-electron chi connectivity index (χ4n) is 1.33. The van der Waals surface area contributed by atoms with E-state index in [1.165, 1.54) is 19.2 Å². The summed E-state index contributed by atoms with van der Waals surface area (Å²) in [7, 11) is 1.35. The second kappa shape index (κ2) is 5.59. The highest BCUT2D eigenvalue weighted by Gasteiger charge is 2.31. The SMILES string of the molecule is CN(CC(N)=O)C(=O)c1ccc(OC(F)(F)F)cc1. The molecule has 1 aromatic rings. The molecule has 0 unspecified atom stereocenters. The zero-order chi connectivity index (χ0) is 14.6. The van der Waals surface area contributed by atoms with Crippen LogP contribution >= 0.6 is 0 Å². The molecule has 0 heterocycles. The summed E-state index contributed by atoms with van der Waals surface area (Å²) >= 11 is 0. The molecule has 2 N–H and O–H groups in total. The van der Waals surface area contributed by atoms with Gasteiger partial charge in [-0.15, -0.1) is 13.2 Å². The van der Waals surface area contributed by atoms with Crippen LogP contribution in [-0.4, -0.2) is 36.7 Å². The van der Waals surface area contributed by atoms with E-state index in [2.05, 4.69) is 4.74 Å². The Hall–Kier alpha value is -2.25. The minimum Gasteiger partial charge on any atom is -0.406 e. The highest BCUT2D eigenvalue weighted by Crippen LogP contribution is 2.22. The molecule has 0 bridgehead atoms. The number of nitrogens with zero attached hydrogens (tertiary/aromatic N) is 1. The lowest BCUT2D eigenvalue weighted by Crippen LogP contribution is -2.35. The molecule has 0 aliphatic rings. The quantitative estimate of drug-likeness (QED) is 0.896. The molecule has 0 aromatic heterocycles. The highest BCUT2D eigenvalue weighted by atomic mass is 19.4. The molecule has 0 aliphatic carbocycles. The van der Waals surface area contributed by atoms with Crippen molar-refractivity contribution in [3.8, 4) is 5.75 Å². The maximum absolute atomic E-state index is 11.9. The van der Waals surface area contributed by atoms with Crippen LogP contribution in [0.1, 0.15) is 10.4 Å². The Morgan fingerprint density at radius 1 is 1.26 bits per heavy atom. The van der Waals surface area contributed by atoms with Crippen molar-refractivity contribution in [2.24, 2.45) is 5.73 Å². The zero-order valence-electron chi connectivity index (χ0n) is 9.90. The summed E-state index contributed by atoms with van der Waals surface area (Å²) < 4.78 is 39.4. The van der Waals surface area contributed by atoms with Crippen LogP contribution in [0.5, 0.6) is 5.75 Å². The van der Waals surface area contributed by atoms with Gasteiger partial charge in [0, 0.05) is 12.6 Å². The minimum absolute atomic E-state index is 0.123. The number of alkyl halides is 3. The van der Waals surface area contributed by atoms with Crippen molar-refractivity contribution >= 4 is 11.8 Å². The van der Waals surface area contributed by atoms with E-state index in [1.54, 1.807) is 0 Å². The van der Waals surface area contributed by atoms with Crippen LogP contribution in [-0.2, 0) is 4.79 Å². The first-order chi connectivity index (χ1) is 8.69. The molecule has 0 spiro atoms. The smallest absolute Gasteiger partial charge is 0.406 e. The molecule has 0 saturated heterocycles. The third kappa shape index (κ3) is 4.86. The van der Waals surface area contributed by atoms with Gasteiger partial charge in [-0.05, 0) is 24.3 Å². The zero-order valence-corrected chi connectivity index (χ0v) is 9.90. The number of rotatable bonds is 4. The fraction of sp³-hybridized carbons (Fsp3) is 0.273. The fourth-order valence-corrected chi connectivity index (χ4v) is 1.33. The minimum atomic E-state index is -4.78. The average Bonchev–Trinajstić information content (AvgIpc) is 2.26. The second-order valence-electron chi connectivity index (χ2n) is 3.70. The van der Waals surface area contributed by atoms with Crippen LogP contribution in [0.3, 0.4) is 0 Å². The second-order valence-corrected chi connectivity index (χ2v) is 3.70. The predicted octanol–water partition coefficient (Wildman–Crippen LogP) is 1.14. The van der Waals surface area contributed by atoms with E-state index in [0.29, 0.717) is 0 Å². The van der Waals surface area contributed by atoms with Crippen LogP contribution in [0, 0.1) is 0 Å². The van der Waals surface area contributed by atoms with Crippen molar-refractivity contribution in [2.75, 3.05) is 13.6 Å². The van der Waals surface area contributed by atoms with Gasteiger partial charge >= 0.3 is 6.36 Å². The number of primary amides is 1. The number of carbonyl (C=O) groups is 2. The predicted molar refractivity (Wildman–Crippen MR) is 59.3 cm³/mol. The monoisotopic (exact) mass is 276 g/mol. The maximum Gasteiger partial charge on any atom is 0.573 e. The Bertz CT molecular complexity index is 471. The molecule has 0 radical (unpaired) electrons. The standard InChI is InChI=1S/C11H11F3N2O3/c1-16(6-9(15)17)10(18)7-2-4-8(5-3-7)19-11(12,13)14/h2-5H,6H2,1H3,(H2,15,17). The highest BCUT2D eigenvalue weighted by molar-refractivity contribution is 5.96. The van der Waals surface area contributed by atoms with Gasteiger partial charge in [0.15, 0.2) is 0 Å². The lowest BCUT2D eigenvalue weighted by Gasteiger charge is -2.15. The molecule has 1 aromatic carbocycles. The first-order valence-electron chi connectivity index (χ1n) is 5.08. The molecule has 2 amide bonds. The molecule has 0 aliphatic heterocycles. The Kier molecular flexibility index (Phi) is 4.36. The third-order valence-electron chi connectivity index (χ3n) is 2.07. The van der Waals surface area contributed by atoms with E-state index >= 15 is 0 Å². The topological polar surface area (TPSA) is 72.6 Å². The van der Waals surface area contributed by atoms with E-state index in [0.717, 1.165) is 17.0 Å². The van der Waals surface area contributed by atoms with Crippen molar-refractivity contribution in [1.82, 2.24) is 4.90 Å². The first-order valence-corrected chi connectivity index (χ1v) is 5.08. The van der Waals surface area contributed by atoms with E-state index in [4.69, 9.17) is 5.73 Å². The van der Waals surface area contributed by atoms with E-state index in [9.17, 15) is 22.8 Å². The molecule has 0 saturated carbocycles. The van der Waals surface area contributed by atoms with Gasteiger partial charge in [0.1, 0.15) is 5.75 Å². The number of amides is 2. The molecular formula is C11H11F3N2O3. The van der Waals surface area contributed by atoms with Crippen molar-refractivity contribution in [2.45, 2.75) is 6.36 Å². The molecule has 0 atom stereocenters. The summed E-state index contributed by atoms with van der Waals surface area (Å²) in [6.45, 7) is -0.278. The maximum atomic E-state index is 11.9. The Labute approximate surface area is 106 Å². The molecule has 0 fully saturated rings. The summed E-state index contributed by atoms with van der Waals surface area (Å²) in [4.78, 5) is 23.4. The van der Waals surface area contributed by atoms with Crippen LogP contribution in [0.2, 0.25) is 0 Å². The number of carbonyl (C=O) groups excluding carboxylic acids is 2. The number of halogens is 3. The molecule has 104 valence electrons. The van der Waals surface area contributed by atoms with Crippen LogP contribution in [0.4, 0.5) is 13.2 Å². The van der Waals surface area contributed by atoms with Gasteiger partial charge in [0.05, 0.1) is 6.54 Å². The van der Waals surface area contributed by atoms with Crippen molar-refractivity contribution in [3.05, 3.63) is 29.8 Å². The van der Waals surface area contributed by atoms with E-state index in [-0.39, 0.29) is 12.1 Å². The normalized spacial score (nSPS) is 10.9. The van der Waals surface area contributed by atoms with E-state index < -0.39 is 23.9 Å². The number of ether oxygens (including phenoxy) is 1. The summed E-state index contributed by atoms with van der Waals surface area (Å²) in [5, 5.41) is 0. The van der Waals surface area contributed by atoms with Crippen LogP contribution < -0.4 is 10.5 Å². The number of nitrogens with two attached hydrogens (primary N) is 1. The van der Waals surface area contributed by atoms with Gasteiger partial charge in [-0.25, -0.2) is 0 Å². The Morgan fingerprint density at radius 3 is 2.21 bits per heavy atom. The van der Waals surface area contributed by atoms with Crippen LogP contribution in [0.15, 0.2) is 24.3 Å². The number of hydrogen-bond donors (Lipinski definition) is 1. The number of hydrogen-bond acceptors (Lipinski definition) is 3. The summed E-state index contributed by atoms with van der Waals surface area (Å²) in [6, 6.07) is 4.36. The molecule has 19 heavy (non-hydrogen) atoms. The van der Waals surface area contributed by atoms with Crippen molar-refractivity contribution < 1.29 is 27.5 Å². The lowest BCUT2D eigenvalue weighted by molar-refractivity contribution is -0.274. The van der Waals surface area contributed by atoms with Crippen molar-refractivity contribution in [1.29, 1.82) is 0 Å². The number of likely N-dealkylation sites (N-methyl/N-ethyl adjacent to an activating group) is 1. The average molecular weight is 276 g/mol. The van der Waals surface area contributed by atoms with Gasteiger partial charge < -0.3 is 15.4 Å². The van der Waals surface area contributed by atoms with Gasteiger partial charge in [-0.3, -0.25) is 9.59 Å². The summed E-state index contributed by atoms with van der Waals surface area (Å²) in [5.74, 6) is -1.65. The van der Waals surface area contributed by atoms with Gasteiger partial charge in [0.2, 0.25) is 5.91 Å². The van der Waals surface area contributed by atoms with Crippen LogP contribution in [0.25, 0.3) is 0 Å². The molecular weight excluding hydrogens is 265 g/mol. The molecule has 8 heteroatoms. The number of benzene rings is 1. The summed E-state index contributed by atoms with van der Waals surface area (Å²) in [5.41, 5.74) is 5.05. The third-order valence-corrected chi connectivity index (χ3v) is 2.07. The van der Waals surface area contributed by atoms with Crippen molar-refractivity contribution in [3.63, 3.8) is 0 Å². The van der Waals surface area contributed by atoms with Gasteiger partial charge in [-0.2, -0.15) is 0 Å². The van der Waals surface area contributed by atoms with E-state index in [1.807, 2.05) is 0 Å². The largest absolute Gasteiger partial charge is 0.573 e. The molecule has 1 rings (SSSR count). The molecule has 5 nitrogen and oxygen atoms in total. The summed E-state index contributed by atoms with van der Waals surface area (Å²) in [6.07, 6.45) is -4.78. The first kappa shape index (κ1) is 14.8. The van der Waals surface area contributed by atoms with Gasteiger partial charge in [-0.1, -0.05) is 0 Å². The van der Waals surface area contributed by atoms with Gasteiger partial charge in [0.25, 0.3) is 5.91 Å². The lowest BCUT2D eigenvalue weighted by atomic mass is 10.2.